The summed E-state index contributed by atoms with van der Waals surface area (Å²) in [5.74, 6) is 1.50. The van der Waals surface area contributed by atoms with Gasteiger partial charge in [-0.1, -0.05) is 29.3 Å². The van der Waals surface area contributed by atoms with Crippen molar-refractivity contribution in [3.8, 4) is 0 Å². The van der Waals surface area contributed by atoms with Gasteiger partial charge in [0.2, 0.25) is 0 Å². The Bertz CT molecular complexity index is 664. The number of rotatable bonds is 5. The SMILES string of the molecule is COCc1nc(C)cc(N(C)C(C)c2ccc(Cl)cc2Cl)n1. The van der Waals surface area contributed by atoms with Gasteiger partial charge in [-0.3, -0.25) is 0 Å². The number of halogens is 2. The minimum absolute atomic E-state index is 0.0504. The van der Waals surface area contributed by atoms with E-state index < -0.39 is 0 Å². The van der Waals surface area contributed by atoms with Gasteiger partial charge >= 0.3 is 0 Å². The molecule has 1 aromatic heterocycles. The fourth-order valence-electron chi connectivity index (χ4n) is 2.23. The number of aromatic nitrogens is 2. The van der Waals surface area contributed by atoms with Crippen LogP contribution in [0.2, 0.25) is 10.0 Å². The molecular weight excluding hydrogens is 321 g/mol. The third-order valence-corrected chi connectivity index (χ3v) is 4.08. The molecule has 22 heavy (non-hydrogen) atoms. The van der Waals surface area contributed by atoms with Gasteiger partial charge in [-0.05, 0) is 31.5 Å². The van der Waals surface area contributed by atoms with Gasteiger partial charge in [0.1, 0.15) is 12.4 Å². The maximum atomic E-state index is 6.30. The van der Waals surface area contributed by atoms with Crippen LogP contribution in [-0.4, -0.2) is 24.1 Å². The zero-order valence-corrected chi connectivity index (χ0v) is 14.6. The summed E-state index contributed by atoms with van der Waals surface area (Å²) in [5, 5.41) is 1.28. The maximum absolute atomic E-state index is 6.30. The van der Waals surface area contributed by atoms with Gasteiger partial charge in [-0.2, -0.15) is 0 Å². The van der Waals surface area contributed by atoms with Crippen LogP contribution in [0.1, 0.15) is 30.0 Å². The summed E-state index contributed by atoms with van der Waals surface area (Å²) in [5.41, 5.74) is 1.90. The Morgan fingerprint density at radius 2 is 1.95 bits per heavy atom. The first kappa shape index (κ1) is 17.0. The van der Waals surface area contributed by atoms with Crippen LogP contribution in [0.4, 0.5) is 5.82 Å². The van der Waals surface area contributed by atoms with E-state index >= 15 is 0 Å². The first-order chi connectivity index (χ1) is 10.4. The third-order valence-electron chi connectivity index (χ3n) is 3.52. The Hall–Kier alpha value is -1.36. The molecular formula is C16H19Cl2N3O. The Morgan fingerprint density at radius 1 is 1.23 bits per heavy atom. The van der Waals surface area contributed by atoms with Gasteiger partial charge in [0.15, 0.2) is 5.82 Å². The predicted octanol–water partition coefficient (Wildman–Crippen LogP) is 4.44. The van der Waals surface area contributed by atoms with E-state index in [2.05, 4.69) is 21.8 Å². The molecule has 0 aliphatic carbocycles. The lowest BCUT2D eigenvalue weighted by Crippen LogP contribution is -2.23. The summed E-state index contributed by atoms with van der Waals surface area (Å²) in [6.07, 6.45) is 0. The van der Waals surface area contributed by atoms with E-state index in [0.29, 0.717) is 22.5 Å². The van der Waals surface area contributed by atoms with E-state index in [-0.39, 0.29) is 6.04 Å². The molecule has 0 N–H and O–H groups in total. The number of hydrogen-bond donors (Lipinski definition) is 0. The van der Waals surface area contributed by atoms with Crippen molar-refractivity contribution in [2.24, 2.45) is 0 Å². The van der Waals surface area contributed by atoms with Crippen LogP contribution in [0.3, 0.4) is 0 Å². The van der Waals surface area contributed by atoms with Crippen molar-refractivity contribution in [3.05, 3.63) is 51.4 Å². The summed E-state index contributed by atoms with van der Waals surface area (Å²) in [7, 11) is 3.61. The Labute approximate surface area is 141 Å². The number of methoxy groups -OCH3 is 1. The lowest BCUT2D eigenvalue weighted by atomic mass is 10.1. The molecule has 0 aliphatic heterocycles. The van der Waals surface area contributed by atoms with E-state index in [1.165, 1.54) is 0 Å². The molecule has 0 aliphatic rings. The number of anilines is 1. The molecule has 0 bridgehead atoms. The third kappa shape index (κ3) is 3.88. The monoisotopic (exact) mass is 339 g/mol. The highest BCUT2D eigenvalue weighted by Crippen LogP contribution is 2.31. The summed E-state index contributed by atoms with van der Waals surface area (Å²) in [4.78, 5) is 11.0. The van der Waals surface area contributed by atoms with Crippen LogP contribution >= 0.6 is 23.2 Å². The van der Waals surface area contributed by atoms with Crippen molar-refractivity contribution in [1.29, 1.82) is 0 Å². The topological polar surface area (TPSA) is 38.2 Å². The Morgan fingerprint density at radius 3 is 2.59 bits per heavy atom. The quantitative estimate of drug-likeness (QED) is 0.807. The van der Waals surface area contributed by atoms with Crippen molar-refractivity contribution >= 4 is 29.0 Å². The number of benzene rings is 1. The van der Waals surface area contributed by atoms with Crippen molar-refractivity contribution in [2.45, 2.75) is 26.5 Å². The predicted molar refractivity (Wildman–Crippen MR) is 90.8 cm³/mol. The molecule has 1 aromatic carbocycles. The summed E-state index contributed by atoms with van der Waals surface area (Å²) in [6.45, 7) is 4.40. The number of aryl methyl sites for hydroxylation is 1. The zero-order chi connectivity index (χ0) is 16.3. The minimum atomic E-state index is 0.0504. The lowest BCUT2D eigenvalue weighted by molar-refractivity contribution is 0.177. The van der Waals surface area contributed by atoms with Gasteiger partial charge in [0.25, 0.3) is 0 Å². The van der Waals surface area contributed by atoms with E-state index in [0.717, 1.165) is 17.1 Å². The molecule has 2 rings (SSSR count). The summed E-state index contributed by atoms with van der Waals surface area (Å²) < 4.78 is 5.12. The van der Waals surface area contributed by atoms with Crippen LogP contribution < -0.4 is 4.90 Å². The van der Waals surface area contributed by atoms with E-state index in [9.17, 15) is 0 Å². The molecule has 0 spiro atoms. The van der Waals surface area contributed by atoms with Gasteiger partial charge in [-0.15, -0.1) is 0 Å². The normalized spacial score (nSPS) is 12.3. The molecule has 2 aromatic rings. The summed E-state index contributed by atoms with van der Waals surface area (Å²) >= 11 is 12.3. The first-order valence-corrected chi connectivity index (χ1v) is 7.69. The molecule has 1 atom stereocenters. The molecule has 6 heteroatoms. The van der Waals surface area contributed by atoms with Gasteiger partial charge in [-0.25, -0.2) is 9.97 Å². The fourth-order valence-corrected chi connectivity index (χ4v) is 2.80. The average molecular weight is 340 g/mol. The van der Waals surface area contributed by atoms with Gasteiger partial charge < -0.3 is 9.64 Å². The number of nitrogens with zero attached hydrogens (tertiary/aromatic N) is 3. The van der Waals surface area contributed by atoms with Crippen LogP contribution in [0.25, 0.3) is 0 Å². The second-order valence-corrected chi connectivity index (χ2v) is 6.01. The van der Waals surface area contributed by atoms with Crippen molar-refractivity contribution in [2.75, 3.05) is 19.1 Å². The Balaban J connectivity index is 2.32. The second-order valence-electron chi connectivity index (χ2n) is 5.17. The molecule has 0 fully saturated rings. The van der Waals surface area contributed by atoms with Crippen molar-refractivity contribution in [1.82, 2.24) is 9.97 Å². The molecule has 0 saturated carbocycles. The van der Waals surface area contributed by atoms with Crippen molar-refractivity contribution < 1.29 is 4.74 Å². The molecule has 1 heterocycles. The van der Waals surface area contributed by atoms with E-state index in [4.69, 9.17) is 27.9 Å². The maximum Gasteiger partial charge on any atom is 0.156 e. The molecule has 0 saturated heterocycles. The largest absolute Gasteiger partial charge is 0.377 e. The molecule has 1 unspecified atom stereocenters. The average Bonchev–Trinajstić information content (AvgIpc) is 2.45. The lowest BCUT2D eigenvalue weighted by Gasteiger charge is -2.27. The molecule has 4 nitrogen and oxygen atoms in total. The second kappa shape index (κ2) is 7.27. The number of ether oxygens (including phenoxy) is 1. The van der Waals surface area contributed by atoms with E-state index in [1.807, 2.05) is 32.2 Å². The highest BCUT2D eigenvalue weighted by molar-refractivity contribution is 6.35. The summed E-state index contributed by atoms with van der Waals surface area (Å²) in [6, 6.07) is 7.53. The molecule has 0 radical (unpaired) electrons. The number of hydrogen-bond acceptors (Lipinski definition) is 4. The first-order valence-electron chi connectivity index (χ1n) is 6.93. The highest BCUT2D eigenvalue weighted by Gasteiger charge is 2.17. The van der Waals surface area contributed by atoms with Gasteiger partial charge in [0.05, 0.1) is 6.04 Å². The van der Waals surface area contributed by atoms with Crippen LogP contribution in [0, 0.1) is 6.92 Å². The fraction of sp³-hybridized carbons (Fsp3) is 0.375. The van der Waals surface area contributed by atoms with Crippen LogP contribution in [0.5, 0.6) is 0 Å². The standard InChI is InChI=1S/C16H19Cl2N3O/c1-10-7-16(20-15(19-10)9-22-4)21(3)11(2)13-6-5-12(17)8-14(13)18/h5-8,11H,9H2,1-4H3. The van der Waals surface area contributed by atoms with Gasteiger partial charge in [0, 0.05) is 36.0 Å². The zero-order valence-electron chi connectivity index (χ0n) is 13.1. The highest BCUT2D eigenvalue weighted by atomic mass is 35.5. The van der Waals surface area contributed by atoms with E-state index in [1.54, 1.807) is 13.2 Å². The minimum Gasteiger partial charge on any atom is -0.377 e. The van der Waals surface area contributed by atoms with Crippen LogP contribution in [-0.2, 0) is 11.3 Å². The smallest absolute Gasteiger partial charge is 0.156 e. The van der Waals surface area contributed by atoms with Crippen LogP contribution in [0.15, 0.2) is 24.3 Å². The molecule has 118 valence electrons. The molecule has 0 amide bonds. The van der Waals surface area contributed by atoms with Crippen molar-refractivity contribution in [3.63, 3.8) is 0 Å². The Kier molecular flexibility index (Phi) is 5.62.